The molecule has 0 saturated heterocycles. The van der Waals surface area contributed by atoms with Gasteiger partial charge in [-0.2, -0.15) is 0 Å². The molecule has 0 unspecified atom stereocenters. The van der Waals surface area contributed by atoms with Gasteiger partial charge in [-0.3, -0.25) is 19.3 Å². The molecule has 1 atom stereocenters. The molecule has 28 heavy (non-hydrogen) atoms. The zero-order valence-electron chi connectivity index (χ0n) is 16.5. The number of para-hydroxylation sites is 2. The summed E-state index contributed by atoms with van der Waals surface area (Å²) >= 11 is 0. The van der Waals surface area contributed by atoms with Crippen LogP contribution in [0.2, 0.25) is 0 Å². The Labute approximate surface area is 165 Å². The molecular formula is C21H28N2O5. The van der Waals surface area contributed by atoms with Crippen molar-refractivity contribution in [2.75, 3.05) is 18.1 Å². The normalized spacial score (nSPS) is 18.2. The van der Waals surface area contributed by atoms with Crippen LogP contribution in [0.15, 0.2) is 24.3 Å². The fourth-order valence-corrected chi connectivity index (χ4v) is 3.66. The first kappa shape index (κ1) is 20.2. The molecule has 7 nitrogen and oxygen atoms in total. The molecule has 0 bridgehead atoms. The smallest absolute Gasteiger partial charge is 0.326 e. The second-order valence-electron chi connectivity index (χ2n) is 7.73. The lowest BCUT2D eigenvalue weighted by Crippen LogP contribution is -2.48. The highest BCUT2D eigenvalue weighted by molar-refractivity contribution is 6.01. The number of hydrogen-bond donors (Lipinski definition) is 1. The quantitative estimate of drug-likeness (QED) is 0.757. The highest BCUT2D eigenvalue weighted by Crippen LogP contribution is 2.31. The minimum Gasteiger partial charge on any atom is -0.482 e. The van der Waals surface area contributed by atoms with Gasteiger partial charge in [-0.1, -0.05) is 45.2 Å². The Bertz CT molecular complexity index is 727. The molecule has 1 saturated carbocycles. The summed E-state index contributed by atoms with van der Waals surface area (Å²) in [7, 11) is 0. The molecule has 1 fully saturated rings. The summed E-state index contributed by atoms with van der Waals surface area (Å²) in [4.78, 5) is 38.8. The second-order valence-corrected chi connectivity index (χ2v) is 7.73. The predicted octanol–water partition coefficient (Wildman–Crippen LogP) is 2.43. The van der Waals surface area contributed by atoms with Crippen molar-refractivity contribution in [2.45, 2.75) is 58.1 Å². The molecule has 3 rings (SSSR count). The Morgan fingerprint density at radius 3 is 2.64 bits per heavy atom. The Kier molecular flexibility index (Phi) is 6.54. The lowest BCUT2D eigenvalue weighted by Gasteiger charge is -2.30. The van der Waals surface area contributed by atoms with Crippen LogP contribution < -0.4 is 15.0 Å². The van der Waals surface area contributed by atoms with Crippen LogP contribution in [0.25, 0.3) is 0 Å². The van der Waals surface area contributed by atoms with Gasteiger partial charge in [0.05, 0.1) is 5.69 Å². The van der Waals surface area contributed by atoms with Crippen molar-refractivity contribution in [2.24, 2.45) is 5.92 Å². The maximum Gasteiger partial charge on any atom is 0.326 e. The molecule has 1 N–H and O–H groups in total. The van der Waals surface area contributed by atoms with Crippen molar-refractivity contribution in [3.63, 3.8) is 0 Å². The van der Waals surface area contributed by atoms with Crippen molar-refractivity contribution >= 4 is 23.5 Å². The van der Waals surface area contributed by atoms with Crippen LogP contribution in [-0.2, 0) is 19.1 Å². The van der Waals surface area contributed by atoms with Crippen LogP contribution in [0.3, 0.4) is 0 Å². The van der Waals surface area contributed by atoms with E-state index < -0.39 is 12.1 Å². The number of fused-ring (bicyclic) bond motifs is 1. The molecule has 152 valence electrons. The van der Waals surface area contributed by atoms with Crippen LogP contribution in [-0.4, -0.2) is 43.1 Å². The van der Waals surface area contributed by atoms with Gasteiger partial charge in [0, 0.05) is 6.04 Å². The van der Waals surface area contributed by atoms with Gasteiger partial charge >= 0.3 is 5.97 Å². The summed E-state index contributed by atoms with van der Waals surface area (Å²) in [5, 5.41) is 3.02. The molecule has 1 aromatic carbocycles. The summed E-state index contributed by atoms with van der Waals surface area (Å²) in [6.45, 7) is 3.31. The van der Waals surface area contributed by atoms with Gasteiger partial charge in [-0.05, 0) is 30.9 Å². The van der Waals surface area contributed by atoms with Gasteiger partial charge in [-0.25, -0.2) is 0 Å². The van der Waals surface area contributed by atoms with E-state index in [0.717, 1.165) is 25.7 Å². The van der Waals surface area contributed by atoms with Crippen LogP contribution >= 0.6 is 0 Å². The first-order chi connectivity index (χ1) is 13.5. The molecule has 7 heteroatoms. The summed E-state index contributed by atoms with van der Waals surface area (Å²) in [5.74, 6) is -0.805. The fraction of sp³-hybridized carbons (Fsp3) is 0.571. The number of esters is 1. The highest BCUT2D eigenvalue weighted by atomic mass is 16.5. The van der Waals surface area contributed by atoms with Crippen molar-refractivity contribution in [3.8, 4) is 5.75 Å². The number of nitrogens with zero attached hydrogens (tertiary/aromatic N) is 1. The molecule has 1 heterocycles. The molecule has 0 aromatic heterocycles. The number of ether oxygens (including phenoxy) is 2. The molecular weight excluding hydrogens is 360 g/mol. The third-order valence-electron chi connectivity index (χ3n) is 5.17. The van der Waals surface area contributed by atoms with Crippen molar-refractivity contribution in [1.29, 1.82) is 0 Å². The first-order valence-electron chi connectivity index (χ1n) is 9.97. The third-order valence-corrected chi connectivity index (χ3v) is 5.17. The maximum atomic E-state index is 12.7. The Morgan fingerprint density at radius 2 is 1.93 bits per heavy atom. The van der Waals surface area contributed by atoms with Crippen LogP contribution in [0.1, 0.15) is 46.0 Å². The summed E-state index contributed by atoms with van der Waals surface area (Å²) in [6.07, 6.45) is 4.46. The second kappa shape index (κ2) is 9.08. The standard InChI is InChI=1S/C21H28N2O5/c1-14(2)20(21(26)22-15-8-4-3-5-9-15)28-19(25)12-23-16-10-6-7-11-17(16)27-13-18(23)24/h6-7,10-11,14-15,20H,3-5,8-9,12-13H2,1-2H3,(H,22,26)/t20-/m1/s1. The van der Waals surface area contributed by atoms with E-state index in [-0.39, 0.29) is 36.9 Å². The van der Waals surface area contributed by atoms with E-state index in [9.17, 15) is 14.4 Å². The average molecular weight is 388 g/mol. The lowest BCUT2D eigenvalue weighted by atomic mass is 9.95. The number of hydrogen-bond acceptors (Lipinski definition) is 5. The van der Waals surface area contributed by atoms with E-state index in [2.05, 4.69) is 5.32 Å². The molecule has 1 aromatic rings. The van der Waals surface area contributed by atoms with Crippen LogP contribution in [0, 0.1) is 5.92 Å². The van der Waals surface area contributed by atoms with Crippen LogP contribution in [0.4, 0.5) is 5.69 Å². The van der Waals surface area contributed by atoms with Crippen molar-refractivity contribution in [3.05, 3.63) is 24.3 Å². The van der Waals surface area contributed by atoms with E-state index in [4.69, 9.17) is 9.47 Å². The van der Waals surface area contributed by atoms with Gasteiger partial charge < -0.3 is 14.8 Å². The Morgan fingerprint density at radius 1 is 1.21 bits per heavy atom. The maximum absolute atomic E-state index is 12.7. The third kappa shape index (κ3) is 4.82. The number of rotatable bonds is 6. The fourth-order valence-electron chi connectivity index (χ4n) is 3.66. The van der Waals surface area contributed by atoms with Crippen molar-refractivity contribution in [1.82, 2.24) is 5.32 Å². The van der Waals surface area contributed by atoms with E-state index in [1.165, 1.54) is 11.3 Å². The number of amides is 2. The molecule has 1 aliphatic carbocycles. The lowest BCUT2D eigenvalue weighted by molar-refractivity contribution is -0.158. The summed E-state index contributed by atoms with van der Waals surface area (Å²) in [6, 6.07) is 7.18. The molecule has 1 aliphatic heterocycles. The Balaban J connectivity index is 1.63. The first-order valence-corrected chi connectivity index (χ1v) is 9.97. The van der Waals surface area contributed by atoms with E-state index in [0.29, 0.717) is 11.4 Å². The number of benzene rings is 1. The van der Waals surface area contributed by atoms with E-state index in [1.807, 2.05) is 13.8 Å². The Hall–Kier alpha value is -2.57. The van der Waals surface area contributed by atoms with Gasteiger partial charge in [-0.15, -0.1) is 0 Å². The highest BCUT2D eigenvalue weighted by Gasteiger charge is 2.32. The summed E-state index contributed by atoms with van der Waals surface area (Å²) in [5.41, 5.74) is 0.531. The monoisotopic (exact) mass is 388 g/mol. The molecule has 0 spiro atoms. The summed E-state index contributed by atoms with van der Waals surface area (Å²) < 4.78 is 10.9. The van der Waals surface area contributed by atoms with E-state index in [1.54, 1.807) is 24.3 Å². The van der Waals surface area contributed by atoms with Crippen LogP contribution in [0.5, 0.6) is 5.75 Å². The van der Waals surface area contributed by atoms with Crippen molar-refractivity contribution < 1.29 is 23.9 Å². The minimum atomic E-state index is -0.874. The topological polar surface area (TPSA) is 84.9 Å². The molecule has 0 radical (unpaired) electrons. The SMILES string of the molecule is CC(C)[C@@H](OC(=O)CN1C(=O)COc2ccccc21)C(=O)NC1CCCCC1. The van der Waals surface area contributed by atoms with E-state index >= 15 is 0 Å². The zero-order valence-corrected chi connectivity index (χ0v) is 16.5. The van der Waals surface area contributed by atoms with Gasteiger partial charge in [0.1, 0.15) is 12.3 Å². The molecule has 2 amide bonds. The predicted molar refractivity (Wildman–Crippen MR) is 104 cm³/mol. The van der Waals surface area contributed by atoms with Gasteiger partial charge in [0.2, 0.25) is 0 Å². The largest absolute Gasteiger partial charge is 0.482 e. The minimum absolute atomic E-state index is 0.125. The molecule has 2 aliphatic rings. The number of carbonyl (C=O) groups excluding carboxylic acids is 3. The number of anilines is 1. The van der Waals surface area contributed by atoms with Gasteiger partial charge in [0.25, 0.3) is 11.8 Å². The average Bonchev–Trinajstić information content (AvgIpc) is 2.69. The zero-order chi connectivity index (χ0) is 20.1. The van der Waals surface area contributed by atoms with Gasteiger partial charge in [0.15, 0.2) is 12.7 Å². The number of nitrogens with one attached hydrogen (secondary N) is 1. The number of carbonyl (C=O) groups is 3.